The number of aromatic nitrogens is 2. The Bertz CT molecular complexity index is 345. The van der Waals surface area contributed by atoms with E-state index in [-0.39, 0.29) is 5.91 Å². The van der Waals surface area contributed by atoms with Crippen LogP contribution >= 0.6 is 0 Å². The summed E-state index contributed by atoms with van der Waals surface area (Å²) in [7, 11) is 0. The number of carbonyl (C=O) groups is 1. The molecular weight excluding hydrogens is 192 g/mol. The zero-order valence-electron chi connectivity index (χ0n) is 9.42. The standard InChI is InChI=1S/C10H18N4O/c1-4-6(2)5-8(15)12-10-9(11)7(3)13-14-10/h6H,4-5,11H2,1-3H3,(H2,12,13,14,15). The lowest BCUT2D eigenvalue weighted by atomic mass is 10.1. The molecule has 0 aliphatic carbocycles. The molecule has 1 aromatic rings. The van der Waals surface area contributed by atoms with E-state index in [1.165, 1.54) is 0 Å². The number of aromatic amines is 1. The van der Waals surface area contributed by atoms with Crippen LogP contribution in [0.4, 0.5) is 11.5 Å². The Labute approximate surface area is 89.4 Å². The molecule has 0 saturated heterocycles. The molecule has 1 aromatic heterocycles. The van der Waals surface area contributed by atoms with E-state index in [1.54, 1.807) is 0 Å². The molecule has 0 spiro atoms. The van der Waals surface area contributed by atoms with E-state index < -0.39 is 0 Å². The summed E-state index contributed by atoms with van der Waals surface area (Å²) in [4.78, 5) is 11.5. The van der Waals surface area contributed by atoms with Gasteiger partial charge >= 0.3 is 0 Å². The highest BCUT2D eigenvalue weighted by Gasteiger charge is 2.12. The summed E-state index contributed by atoms with van der Waals surface area (Å²) in [5.41, 5.74) is 6.98. The molecule has 5 nitrogen and oxygen atoms in total. The lowest BCUT2D eigenvalue weighted by Gasteiger charge is -2.07. The van der Waals surface area contributed by atoms with Crippen molar-refractivity contribution in [1.29, 1.82) is 0 Å². The Kier molecular flexibility index (Phi) is 3.71. The fraction of sp³-hybridized carbons (Fsp3) is 0.600. The number of nitrogen functional groups attached to an aromatic ring is 1. The molecule has 1 amide bonds. The molecule has 15 heavy (non-hydrogen) atoms. The molecule has 5 heteroatoms. The first kappa shape index (κ1) is 11.6. The Morgan fingerprint density at radius 2 is 2.33 bits per heavy atom. The molecule has 1 atom stereocenters. The topological polar surface area (TPSA) is 83.8 Å². The van der Waals surface area contributed by atoms with Gasteiger partial charge in [-0.15, -0.1) is 0 Å². The van der Waals surface area contributed by atoms with Crippen molar-refractivity contribution in [2.45, 2.75) is 33.6 Å². The van der Waals surface area contributed by atoms with Crippen molar-refractivity contribution < 1.29 is 4.79 Å². The average Bonchev–Trinajstić information content (AvgIpc) is 2.49. The van der Waals surface area contributed by atoms with Crippen LogP contribution in [0.5, 0.6) is 0 Å². The molecule has 84 valence electrons. The van der Waals surface area contributed by atoms with Crippen LogP contribution in [0.25, 0.3) is 0 Å². The summed E-state index contributed by atoms with van der Waals surface area (Å²) in [6.45, 7) is 5.91. The molecular formula is C10H18N4O. The smallest absolute Gasteiger partial charge is 0.225 e. The van der Waals surface area contributed by atoms with Crippen LogP contribution in [-0.2, 0) is 4.79 Å². The van der Waals surface area contributed by atoms with E-state index in [1.807, 2.05) is 13.8 Å². The van der Waals surface area contributed by atoms with Crippen LogP contribution in [0.1, 0.15) is 32.4 Å². The number of nitrogens with two attached hydrogens (primary N) is 1. The fourth-order valence-corrected chi connectivity index (χ4v) is 1.18. The Balaban J connectivity index is 2.55. The number of rotatable bonds is 4. The van der Waals surface area contributed by atoms with E-state index in [9.17, 15) is 4.79 Å². The van der Waals surface area contributed by atoms with Gasteiger partial charge in [-0.1, -0.05) is 20.3 Å². The molecule has 0 radical (unpaired) electrons. The van der Waals surface area contributed by atoms with Gasteiger partial charge in [0.15, 0.2) is 5.82 Å². The summed E-state index contributed by atoms with van der Waals surface area (Å²) in [5, 5.41) is 9.32. The van der Waals surface area contributed by atoms with Gasteiger partial charge in [-0.25, -0.2) is 0 Å². The quantitative estimate of drug-likeness (QED) is 0.706. The van der Waals surface area contributed by atoms with Crippen molar-refractivity contribution in [2.24, 2.45) is 5.92 Å². The van der Waals surface area contributed by atoms with Crippen LogP contribution in [0.2, 0.25) is 0 Å². The molecule has 0 aliphatic heterocycles. The van der Waals surface area contributed by atoms with Gasteiger partial charge in [-0.05, 0) is 12.8 Å². The molecule has 0 aromatic carbocycles. The third-order valence-electron chi connectivity index (χ3n) is 2.48. The van der Waals surface area contributed by atoms with Crippen LogP contribution in [0.15, 0.2) is 0 Å². The van der Waals surface area contributed by atoms with Crippen molar-refractivity contribution in [2.75, 3.05) is 11.1 Å². The van der Waals surface area contributed by atoms with E-state index >= 15 is 0 Å². The van der Waals surface area contributed by atoms with Crippen molar-refractivity contribution in [3.63, 3.8) is 0 Å². The van der Waals surface area contributed by atoms with Gasteiger partial charge in [0.1, 0.15) is 0 Å². The third kappa shape index (κ3) is 2.97. The van der Waals surface area contributed by atoms with Gasteiger partial charge in [0.05, 0.1) is 11.4 Å². The maximum atomic E-state index is 11.5. The number of carbonyl (C=O) groups excluding carboxylic acids is 1. The molecule has 0 aliphatic rings. The minimum Gasteiger partial charge on any atom is -0.394 e. The van der Waals surface area contributed by atoms with Crippen LogP contribution in [0, 0.1) is 12.8 Å². The van der Waals surface area contributed by atoms with E-state index in [0.717, 1.165) is 12.1 Å². The molecule has 1 rings (SSSR count). The molecule has 4 N–H and O–H groups in total. The number of amides is 1. The summed E-state index contributed by atoms with van der Waals surface area (Å²) < 4.78 is 0. The SMILES string of the molecule is CCC(C)CC(=O)Nc1n[nH]c(C)c1N. The number of nitrogens with zero attached hydrogens (tertiary/aromatic N) is 1. The Morgan fingerprint density at radius 3 is 2.80 bits per heavy atom. The van der Waals surface area contributed by atoms with Crippen LogP contribution in [-0.4, -0.2) is 16.1 Å². The maximum Gasteiger partial charge on any atom is 0.225 e. The zero-order valence-corrected chi connectivity index (χ0v) is 9.42. The van der Waals surface area contributed by atoms with Crippen molar-refractivity contribution in [1.82, 2.24) is 10.2 Å². The normalized spacial score (nSPS) is 12.5. The second kappa shape index (κ2) is 4.82. The summed E-state index contributed by atoms with van der Waals surface area (Å²) in [6, 6.07) is 0. The maximum absolute atomic E-state index is 11.5. The second-order valence-corrected chi connectivity index (χ2v) is 3.88. The number of anilines is 2. The number of aryl methyl sites for hydroxylation is 1. The number of H-pyrrole nitrogens is 1. The minimum absolute atomic E-state index is 0.0393. The molecule has 0 fully saturated rings. The van der Waals surface area contributed by atoms with E-state index in [0.29, 0.717) is 23.8 Å². The number of hydrogen-bond acceptors (Lipinski definition) is 3. The minimum atomic E-state index is -0.0393. The summed E-state index contributed by atoms with van der Waals surface area (Å²) in [5.74, 6) is 0.773. The third-order valence-corrected chi connectivity index (χ3v) is 2.48. The first-order valence-electron chi connectivity index (χ1n) is 5.14. The first-order valence-corrected chi connectivity index (χ1v) is 5.14. The molecule has 0 saturated carbocycles. The van der Waals surface area contributed by atoms with Crippen LogP contribution < -0.4 is 11.1 Å². The predicted octanol–water partition coefficient (Wildman–Crippen LogP) is 1.68. The van der Waals surface area contributed by atoms with Gasteiger partial charge in [0.2, 0.25) is 5.91 Å². The van der Waals surface area contributed by atoms with E-state index in [4.69, 9.17) is 5.73 Å². The summed E-state index contributed by atoms with van der Waals surface area (Å²) in [6.07, 6.45) is 1.49. The first-order chi connectivity index (χ1) is 7.04. The predicted molar refractivity (Wildman–Crippen MR) is 60.4 cm³/mol. The lowest BCUT2D eigenvalue weighted by molar-refractivity contribution is -0.117. The van der Waals surface area contributed by atoms with Gasteiger partial charge in [0.25, 0.3) is 0 Å². The largest absolute Gasteiger partial charge is 0.394 e. The highest BCUT2D eigenvalue weighted by molar-refractivity contribution is 5.92. The molecule has 0 bridgehead atoms. The molecule has 1 heterocycles. The lowest BCUT2D eigenvalue weighted by Crippen LogP contribution is -2.15. The van der Waals surface area contributed by atoms with Gasteiger partial charge in [-0.3, -0.25) is 9.89 Å². The van der Waals surface area contributed by atoms with E-state index in [2.05, 4.69) is 22.4 Å². The van der Waals surface area contributed by atoms with Crippen molar-refractivity contribution >= 4 is 17.4 Å². The zero-order chi connectivity index (χ0) is 11.4. The summed E-state index contributed by atoms with van der Waals surface area (Å²) >= 11 is 0. The average molecular weight is 210 g/mol. The van der Waals surface area contributed by atoms with Crippen molar-refractivity contribution in [3.05, 3.63) is 5.69 Å². The number of nitrogens with one attached hydrogen (secondary N) is 2. The second-order valence-electron chi connectivity index (χ2n) is 3.88. The monoisotopic (exact) mass is 210 g/mol. The highest BCUT2D eigenvalue weighted by atomic mass is 16.1. The van der Waals surface area contributed by atoms with Gasteiger partial charge in [-0.2, -0.15) is 5.10 Å². The van der Waals surface area contributed by atoms with Gasteiger partial charge in [0, 0.05) is 6.42 Å². The Morgan fingerprint density at radius 1 is 1.67 bits per heavy atom. The van der Waals surface area contributed by atoms with Crippen LogP contribution in [0.3, 0.4) is 0 Å². The Hall–Kier alpha value is -1.52. The number of hydrogen-bond donors (Lipinski definition) is 3. The highest BCUT2D eigenvalue weighted by Crippen LogP contribution is 2.18. The van der Waals surface area contributed by atoms with Gasteiger partial charge < -0.3 is 11.1 Å². The molecule has 1 unspecified atom stereocenters. The van der Waals surface area contributed by atoms with Crippen molar-refractivity contribution in [3.8, 4) is 0 Å². The fourth-order valence-electron chi connectivity index (χ4n) is 1.18.